The van der Waals surface area contributed by atoms with E-state index in [4.69, 9.17) is 0 Å². The van der Waals surface area contributed by atoms with E-state index in [1.54, 1.807) is 31.2 Å². The Kier molecular flexibility index (Phi) is 3.91. The molecule has 88 valence electrons. The van der Waals surface area contributed by atoms with Gasteiger partial charge in [-0.3, -0.25) is 0 Å². The van der Waals surface area contributed by atoms with Crippen molar-refractivity contribution in [2.45, 2.75) is 22.6 Å². The average molecular weight is 305 g/mol. The Morgan fingerprint density at radius 3 is 2.19 bits per heavy atom. The molecule has 3 nitrogen and oxygen atoms in total. The number of alkyl halides is 1. The van der Waals surface area contributed by atoms with Crippen molar-refractivity contribution in [1.29, 1.82) is 0 Å². The quantitative estimate of drug-likeness (QED) is 0.631. The Balaban J connectivity index is 2.93. The van der Waals surface area contributed by atoms with Crippen molar-refractivity contribution in [3.63, 3.8) is 0 Å². The molecule has 0 spiro atoms. The fourth-order valence-electron chi connectivity index (χ4n) is 1.30. The predicted molar refractivity (Wildman–Crippen MR) is 66.7 cm³/mol. The van der Waals surface area contributed by atoms with Crippen molar-refractivity contribution in [3.05, 3.63) is 29.8 Å². The Bertz CT molecular complexity index is 474. The Morgan fingerprint density at radius 2 is 1.81 bits per heavy atom. The minimum Gasteiger partial charge on any atom is -0.302 e. The van der Waals surface area contributed by atoms with Crippen LogP contribution in [-0.4, -0.2) is 25.3 Å². The van der Waals surface area contributed by atoms with Gasteiger partial charge in [0.05, 0.1) is 9.22 Å². The van der Waals surface area contributed by atoms with Crippen molar-refractivity contribution in [3.8, 4) is 0 Å². The molecule has 0 unspecified atom stereocenters. The van der Waals surface area contributed by atoms with E-state index in [0.29, 0.717) is 11.3 Å². The number of hydrogen-bond donors (Lipinski definition) is 0. The summed E-state index contributed by atoms with van der Waals surface area (Å²) in [6, 6.07) is 6.55. The molecule has 1 aromatic rings. The number of rotatable bonds is 4. The second-order valence-corrected chi connectivity index (χ2v) is 7.82. The molecule has 0 aliphatic rings. The summed E-state index contributed by atoms with van der Waals surface area (Å²) < 4.78 is 21.8. The summed E-state index contributed by atoms with van der Waals surface area (Å²) in [6.07, 6.45) is 2.53. The first-order chi connectivity index (χ1) is 7.24. The van der Waals surface area contributed by atoms with Crippen LogP contribution in [0, 0.1) is 0 Å². The molecule has 16 heavy (non-hydrogen) atoms. The Hall–Kier alpha value is -0.680. The van der Waals surface area contributed by atoms with Gasteiger partial charge in [-0.15, -0.1) is 0 Å². The molecule has 0 N–H and O–H groups in total. The van der Waals surface area contributed by atoms with Crippen molar-refractivity contribution in [2.24, 2.45) is 0 Å². The first-order valence-electron chi connectivity index (χ1n) is 4.69. The summed E-state index contributed by atoms with van der Waals surface area (Å²) in [6.45, 7) is 1.77. The molecule has 1 aromatic carbocycles. The highest BCUT2D eigenvalue weighted by Gasteiger charge is 2.19. The highest BCUT2D eigenvalue weighted by Crippen LogP contribution is 2.21. The largest absolute Gasteiger partial charge is 0.302 e. The number of sulfone groups is 1. The third-order valence-electron chi connectivity index (χ3n) is 2.15. The topological polar surface area (TPSA) is 51.2 Å². The third kappa shape index (κ3) is 3.72. The Morgan fingerprint density at radius 1 is 1.31 bits per heavy atom. The highest BCUT2D eigenvalue weighted by molar-refractivity contribution is 9.10. The minimum atomic E-state index is -3.15. The number of aldehydes is 1. The van der Waals surface area contributed by atoms with Gasteiger partial charge in [0.1, 0.15) is 6.29 Å². The van der Waals surface area contributed by atoms with Gasteiger partial charge in [0, 0.05) is 6.26 Å². The number of hydrogen-bond acceptors (Lipinski definition) is 3. The van der Waals surface area contributed by atoms with E-state index in [1.807, 2.05) is 0 Å². The van der Waals surface area contributed by atoms with Crippen LogP contribution < -0.4 is 0 Å². The van der Waals surface area contributed by atoms with E-state index in [-0.39, 0.29) is 0 Å². The molecule has 0 aliphatic heterocycles. The molecule has 1 atom stereocenters. The van der Waals surface area contributed by atoms with Crippen LogP contribution in [-0.2, 0) is 21.1 Å². The fraction of sp³-hybridized carbons (Fsp3) is 0.364. The molecule has 0 aliphatic carbocycles. The highest BCUT2D eigenvalue weighted by atomic mass is 79.9. The van der Waals surface area contributed by atoms with Gasteiger partial charge in [0.25, 0.3) is 0 Å². The summed E-state index contributed by atoms with van der Waals surface area (Å²) in [5, 5.41) is 0. The standard InChI is InChI=1S/C11H13BrO3S/c1-11(12,8-13)7-9-3-5-10(6-4-9)16(2,14)15/h3-6,8H,7H2,1-2H3/t11-/m0/s1. The van der Waals surface area contributed by atoms with Crippen LogP contribution >= 0.6 is 15.9 Å². The zero-order chi connectivity index (χ0) is 12.4. The van der Waals surface area contributed by atoms with E-state index in [0.717, 1.165) is 11.8 Å². The molecule has 0 aromatic heterocycles. The molecule has 0 saturated heterocycles. The fourth-order valence-corrected chi connectivity index (χ4v) is 2.25. The van der Waals surface area contributed by atoms with Gasteiger partial charge >= 0.3 is 0 Å². The van der Waals surface area contributed by atoms with Gasteiger partial charge < -0.3 is 4.79 Å². The van der Waals surface area contributed by atoms with Crippen LogP contribution in [0.4, 0.5) is 0 Å². The van der Waals surface area contributed by atoms with Crippen molar-refractivity contribution >= 4 is 32.1 Å². The lowest BCUT2D eigenvalue weighted by Gasteiger charge is -2.14. The third-order valence-corrected chi connectivity index (χ3v) is 3.74. The van der Waals surface area contributed by atoms with Gasteiger partial charge in [0.2, 0.25) is 0 Å². The van der Waals surface area contributed by atoms with Gasteiger partial charge in [0.15, 0.2) is 9.84 Å². The molecule has 0 saturated carbocycles. The van der Waals surface area contributed by atoms with Gasteiger partial charge in [-0.2, -0.15) is 0 Å². The molecule has 0 radical (unpaired) electrons. The first-order valence-corrected chi connectivity index (χ1v) is 7.37. The number of carbonyl (C=O) groups is 1. The SMILES string of the molecule is C[C@@](Br)(C=O)Cc1ccc(S(C)(=O)=O)cc1. The van der Waals surface area contributed by atoms with Crippen molar-refractivity contribution in [2.75, 3.05) is 6.26 Å². The monoisotopic (exact) mass is 304 g/mol. The normalized spacial score (nSPS) is 15.4. The van der Waals surface area contributed by atoms with E-state index in [2.05, 4.69) is 15.9 Å². The van der Waals surface area contributed by atoms with Crippen LogP contribution in [0.15, 0.2) is 29.2 Å². The van der Waals surface area contributed by atoms with Crippen LogP contribution in [0.5, 0.6) is 0 Å². The van der Waals surface area contributed by atoms with Crippen molar-refractivity contribution in [1.82, 2.24) is 0 Å². The van der Waals surface area contributed by atoms with E-state index in [9.17, 15) is 13.2 Å². The van der Waals surface area contributed by atoms with Crippen LogP contribution in [0.3, 0.4) is 0 Å². The lowest BCUT2D eigenvalue weighted by molar-refractivity contribution is -0.109. The first kappa shape index (κ1) is 13.4. The van der Waals surface area contributed by atoms with Gasteiger partial charge in [-0.25, -0.2) is 8.42 Å². The number of benzene rings is 1. The minimum absolute atomic E-state index is 0.290. The lowest BCUT2D eigenvalue weighted by atomic mass is 10.0. The molecule has 0 fully saturated rings. The molecular formula is C11H13BrO3S. The zero-order valence-corrected chi connectivity index (χ0v) is 11.5. The van der Waals surface area contributed by atoms with E-state index < -0.39 is 14.2 Å². The summed E-state index contributed by atoms with van der Waals surface area (Å²) in [4.78, 5) is 11.0. The smallest absolute Gasteiger partial charge is 0.175 e. The zero-order valence-electron chi connectivity index (χ0n) is 9.10. The molecule has 1 rings (SSSR count). The van der Waals surface area contributed by atoms with Gasteiger partial charge in [-0.05, 0) is 31.0 Å². The van der Waals surface area contributed by atoms with E-state index in [1.165, 1.54) is 6.26 Å². The maximum Gasteiger partial charge on any atom is 0.175 e. The predicted octanol–water partition coefficient (Wildman–Crippen LogP) is 1.99. The molecule has 0 amide bonds. The molecule has 5 heteroatoms. The van der Waals surface area contributed by atoms with Gasteiger partial charge in [-0.1, -0.05) is 28.1 Å². The second kappa shape index (κ2) is 4.67. The van der Waals surface area contributed by atoms with E-state index >= 15 is 0 Å². The number of halogens is 1. The van der Waals surface area contributed by atoms with Crippen LogP contribution in [0.25, 0.3) is 0 Å². The van der Waals surface area contributed by atoms with Crippen LogP contribution in [0.1, 0.15) is 12.5 Å². The molecule has 0 heterocycles. The lowest BCUT2D eigenvalue weighted by Crippen LogP contribution is -2.20. The second-order valence-electron chi connectivity index (χ2n) is 3.99. The molecular weight excluding hydrogens is 292 g/mol. The summed E-state index contributed by atoms with van der Waals surface area (Å²) in [7, 11) is -3.15. The average Bonchev–Trinajstić information content (AvgIpc) is 2.16. The van der Waals surface area contributed by atoms with Crippen molar-refractivity contribution < 1.29 is 13.2 Å². The maximum atomic E-state index is 11.2. The summed E-state index contributed by atoms with van der Waals surface area (Å²) in [5.41, 5.74) is 0.916. The summed E-state index contributed by atoms with van der Waals surface area (Å²) in [5.74, 6) is 0. The van der Waals surface area contributed by atoms with Crippen LogP contribution in [0.2, 0.25) is 0 Å². The maximum absolute atomic E-state index is 11.2. The summed E-state index contributed by atoms with van der Waals surface area (Å²) >= 11 is 3.29. The molecule has 0 bridgehead atoms. The number of carbonyl (C=O) groups excluding carboxylic acids is 1. The Labute approximate surface area is 104 Å².